The molecule has 0 atom stereocenters. The topological polar surface area (TPSA) is 90.2 Å². The lowest BCUT2D eigenvalue weighted by Crippen LogP contribution is -2.41. The number of carbonyl (C=O) groups is 2. The summed E-state index contributed by atoms with van der Waals surface area (Å²) in [4.78, 5) is 26.0. The van der Waals surface area contributed by atoms with Crippen LogP contribution in [0.2, 0.25) is 5.02 Å². The number of benzene rings is 1. The number of esters is 1. The molecule has 0 radical (unpaired) electrons. The van der Waals surface area contributed by atoms with Gasteiger partial charge in [0.05, 0.1) is 24.0 Å². The summed E-state index contributed by atoms with van der Waals surface area (Å²) in [6.45, 7) is 3.30. The Labute approximate surface area is 166 Å². The van der Waals surface area contributed by atoms with Gasteiger partial charge in [-0.2, -0.15) is 4.68 Å². The first-order valence-electron chi connectivity index (χ1n) is 8.70. The van der Waals surface area contributed by atoms with Gasteiger partial charge in [0.2, 0.25) is 11.1 Å². The number of amides is 1. The van der Waals surface area contributed by atoms with Crippen molar-refractivity contribution >= 4 is 35.2 Å². The summed E-state index contributed by atoms with van der Waals surface area (Å²) in [5.41, 5.74) is 0.773. The second kappa shape index (κ2) is 9.18. The first kappa shape index (κ1) is 19.6. The van der Waals surface area contributed by atoms with Gasteiger partial charge in [-0.25, -0.2) is 0 Å². The third kappa shape index (κ3) is 4.98. The van der Waals surface area contributed by atoms with Gasteiger partial charge in [-0.05, 0) is 54.5 Å². The molecule has 8 nitrogen and oxygen atoms in total. The average molecular weight is 410 g/mol. The molecule has 27 heavy (non-hydrogen) atoms. The lowest BCUT2D eigenvalue weighted by molar-refractivity contribution is -0.151. The van der Waals surface area contributed by atoms with Crippen molar-refractivity contribution in [2.24, 2.45) is 5.92 Å². The maximum absolute atomic E-state index is 12.5. The van der Waals surface area contributed by atoms with E-state index in [0.717, 1.165) is 5.69 Å². The fraction of sp³-hybridized carbons (Fsp3) is 0.471. The predicted molar refractivity (Wildman–Crippen MR) is 101 cm³/mol. The van der Waals surface area contributed by atoms with Gasteiger partial charge in [0.15, 0.2) is 0 Å². The van der Waals surface area contributed by atoms with Gasteiger partial charge < -0.3 is 9.64 Å². The standard InChI is InChI=1S/C17H20ClN5O3S/c1-2-26-16(25)12-7-9-22(10-8-12)15(24)11-27-17-19-20-21-23(17)14-5-3-13(18)4-6-14/h3-6,12H,2,7-11H2,1H3. The molecule has 1 saturated heterocycles. The van der Waals surface area contributed by atoms with E-state index >= 15 is 0 Å². The Bertz CT molecular complexity index is 790. The Balaban J connectivity index is 1.53. The van der Waals surface area contributed by atoms with Crippen LogP contribution in [0.5, 0.6) is 0 Å². The monoisotopic (exact) mass is 409 g/mol. The summed E-state index contributed by atoms with van der Waals surface area (Å²) in [6, 6.07) is 7.13. The van der Waals surface area contributed by atoms with Crippen molar-refractivity contribution in [3.63, 3.8) is 0 Å². The highest BCUT2D eigenvalue weighted by atomic mass is 35.5. The van der Waals surface area contributed by atoms with Crippen LogP contribution >= 0.6 is 23.4 Å². The van der Waals surface area contributed by atoms with Gasteiger partial charge in [0, 0.05) is 18.1 Å². The summed E-state index contributed by atoms with van der Waals surface area (Å²) in [7, 11) is 0. The van der Waals surface area contributed by atoms with E-state index in [1.165, 1.54) is 11.8 Å². The number of halogens is 1. The maximum Gasteiger partial charge on any atom is 0.309 e. The van der Waals surface area contributed by atoms with Crippen molar-refractivity contribution in [2.75, 3.05) is 25.4 Å². The molecule has 0 spiro atoms. The van der Waals surface area contributed by atoms with E-state index in [2.05, 4.69) is 15.5 Å². The van der Waals surface area contributed by atoms with Crippen LogP contribution in [-0.2, 0) is 14.3 Å². The summed E-state index contributed by atoms with van der Waals surface area (Å²) < 4.78 is 6.63. The molecule has 0 bridgehead atoms. The molecule has 0 saturated carbocycles. The predicted octanol–water partition coefficient (Wildman–Crippen LogP) is 2.21. The molecule has 2 aromatic rings. The first-order chi connectivity index (χ1) is 13.1. The molecular formula is C17H20ClN5O3S. The molecule has 1 fully saturated rings. The highest BCUT2D eigenvalue weighted by Gasteiger charge is 2.28. The largest absolute Gasteiger partial charge is 0.466 e. The van der Waals surface area contributed by atoms with Crippen molar-refractivity contribution in [3.05, 3.63) is 29.3 Å². The minimum Gasteiger partial charge on any atom is -0.466 e. The molecule has 144 valence electrons. The Hall–Kier alpha value is -2.13. The van der Waals surface area contributed by atoms with Crippen molar-refractivity contribution in [3.8, 4) is 5.69 Å². The smallest absolute Gasteiger partial charge is 0.309 e. The number of thioether (sulfide) groups is 1. The Morgan fingerprint density at radius 2 is 1.96 bits per heavy atom. The van der Waals surface area contributed by atoms with Crippen LogP contribution in [-0.4, -0.2) is 62.4 Å². The van der Waals surface area contributed by atoms with E-state index in [9.17, 15) is 9.59 Å². The number of aromatic nitrogens is 4. The second-order valence-electron chi connectivity index (χ2n) is 6.05. The second-order valence-corrected chi connectivity index (χ2v) is 7.42. The highest BCUT2D eigenvalue weighted by Crippen LogP contribution is 2.22. The van der Waals surface area contributed by atoms with Crippen LogP contribution < -0.4 is 0 Å². The van der Waals surface area contributed by atoms with Gasteiger partial charge in [-0.1, -0.05) is 23.4 Å². The van der Waals surface area contributed by atoms with E-state index in [1.807, 2.05) is 12.1 Å². The lowest BCUT2D eigenvalue weighted by Gasteiger charge is -2.30. The van der Waals surface area contributed by atoms with Crippen LogP contribution in [0.3, 0.4) is 0 Å². The molecule has 2 heterocycles. The Morgan fingerprint density at radius 1 is 1.26 bits per heavy atom. The van der Waals surface area contributed by atoms with Crippen LogP contribution in [0.1, 0.15) is 19.8 Å². The summed E-state index contributed by atoms with van der Waals surface area (Å²) in [6.07, 6.45) is 1.27. The molecule has 1 amide bonds. The van der Waals surface area contributed by atoms with Crippen LogP contribution in [0.4, 0.5) is 0 Å². The molecule has 10 heteroatoms. The zero-order valence-corrected chi connectivity index (χ0v) is 16.4. The normalized spacial score (nSPS) is 15.0. The number of ether oxygens (including phenoxy) is 1. The van der Waals surface area contributed by atoms with Gasteiger partial charge in [0.25, 0.3) is 0 Å². The molecular weight excluding hydrogens is 390 g/mol. The lowest BCUT2D eigenvalue weighted by atomic mass is 9.97. The van der Waals surface area contributed by atoms with Gasteiger partial charge in [0.1, 0.15) is 0 Å². The Kier molecular flexibility index (Phi) is 6.68. The summed E-state index contributed by atoms with van der Waals surface area (Å²) in [5, 5.41) is 12.8. The van der Waals surface area contributed by atoms with Gasteiger partial charge >= 0.3 is 5.97 Å². The van der Waals surface area contributed by atoms with Crippen LogP contribution in [0.15, 0.2) is 29.4 Å². The van der Waals surface area contributed by atoms with E-state index in [-0.39, 0.29) is 23.5 Å². The first-order valence-corrected chi connectivity index (χ1v) is 10.1. The minimum absolute atomic E-state index is 0.00737. The van der Waals surface area contributed by atoms with E-state index < -0.39 is 0 Å². The number of hydrogen-bond acceptors (Lipinski definition) is 7. The fourth-order valence-corrected chi connectivity index (χ4v) is 3.78. The fourth-order valence-electron chi connectivity index (χ4n) is 2.86. The van der Waals surface area contributed by atoms with Crippen molar-refractivity contribution in [2.45, 2.75) is 24.9 Å². The quantitative estimate of drug-likeness (QED) is 0.533. The molecule has 0 N–H and O–H groups in total. The number of piperidine rings is 1. The summed E-state index contributed by atoms with van der Waals surface area (Å²) in [5.74, 6) is -0.0363. The summed E-state index contributed by atoms with van der Waals surface area (Å²) >= 11 is 7.18. The molecule has 1 aromatic heterocycles. The van der Waals surface area contributed by atoms with Gasteiger partial charge in [-0.3, -0.25) is 9.59 Å². The Morgan fingerprint density at radius 3 is 2.63 bits per heavy atom. The number of rotatable bonds is 6. The van der Waals surface area contributed by atoms with E-state index in [0.29, 0.717) is 42.7 Å². The number of nitrogens with zero attached hydrogens (tertiary/aromatic N) is 5. The van der Waals surface area contributed by atoms with Gasteiger partial charge in [-0.15, -0.1) is 5.10 Å². The molecule has 3 rings (SSSR count). The average Bonchev–Trinajstić information content (AvgIpc) is 3.15. The number of tetrazole rings is 1. The van der Waals surface area contributed by atoms with Crippen molar-refractivity contribution in [1.82, 2.24) is 25.1 Å². The molecule has 0 aliphatic carbocycles. The van der Waals surface area contributed by atoms with E-state index in [1.54, 1.807) is 28.6 Å². The zero-order chi connectivity index (χ0) is 19.2. The third-order valence-electron chi connectivity index (χ3n) is 4.30. The molecule has 1 aromatic carbocycles. The number of carbonyl (C=O) groups excluding carboxylic acids is 2. The van der Waals surface area contributed by atoms with Crippen molar-refractivity contribution < 1.29 is 14.3 Å². The van der Waals surface area contributed by atoms with Crippen LogP contribution in [0.25, 0.3) is 5.69 Å². The molecule has 1 aliphatic heterocycles. The molecule has 1 aliphatic rings. The number of hydrogen-bond donors (Lipinski definition) is 0. The maximum atomic E-state index is 12.5. The van der Waals surface area contributed by atoms with Crippen molar-refractivity contribution in [1.29, 1.82) is 0 Å². The van der Waals surface area contributed by atoms with Crippen LogP contribution in [0, 0.1) is 5.92 Å². The highest BCUT2D eigenvalue weighted by molar-refractivity contribution is 7.99. The SMILES string of the molecule is CCOC(=O)C1CCN(C(=O)CSc2nnnn2-c2ccc(Cl)cc2)CC1. The minimum atomic E-state index is -0.166. The zero-order valence-electron chi connectivity index (χ0n) is 14.9. The third-order valence-corrected chi connectivity index (χ3v) is 5.46. The van der Waals surface area contributed by atoms with E-state index in [4.69, 9.17) is 16.3 Å². The molecule has 0 unspecified atom stereocenters. The number of likely N-dealkylation sites (tertiary alicyclic amines) is 1.